The molecule has 3 aromatic carbocycles. The van der Waals surface area contributed by atoms with Crippen molar-refractivity contribution < 1.29 is 23.8 Å². The molecule has 5 aromatic rings. The highest BCUT2D eigenvalue weighted by Crippen LogP contribution is 2.44. The molecule has 8 nitrogen and oxygen atoms in total. The summed E-state index contributed by atoms with van der Waals surface area (Å²) < 4.78 is 12.0. The number of rotatable bonds is 10. The van der Waals surface area contributed by atoms with Crippen LogP contribution in [0, 0.1) is 0 Å². The fraction of sp³-hybridized carbons (Fsp3) is 0.0968. The number of aliphatic hydroxyl groups excluding tert-OH is 1. The fourth-order valence-corrected chi connectivity index (χ4v) is 7.04. The highest BCUT2D eigenvalue weighted by Gasteiger charge is 2.46. The van der Waals surface area contributed by atoms with Crippen molar-refractivity contribution in [3.05, 3.63) is 124 Å². The number of halogens is 2. The molecular formula is C31H21Cl2N3O5S2. The number of fused-ring (bicyclic) bond motifs is 1. The maximum Gasteiger partial charge on any atom is 0.296 e. The van der Waals surface area contributed by atoms with E-state index >= 15 is 0 Å². The average Bonchev–Trinajstić information content (AvgIpc) is 3.72. The minimum absolute atomic E-state index is 0.00156. The van der Waals surface area contributed by atoms with Crippen LogP contribution in [0.2, 0.25) is 10.0 Å². The predicted octanol–water partition coefficient (Wildman–Crippen LogP) is 8.23. The van der Waals surface area contributed by atoms with Crippen LogP contribution < -0.4 is 9.64 Å². The van der Waals surface area contributed by atoms with E-state index in [2.05, 4.69) is 16.8 Å². The second-order valence-electron chi connectivity index (χ2n) is 9.36. The molecule has 216 valence electrons. The summed E-state index contributed by atoms with van der Waals surface area (Å²) in [6, 6.07) is 19.9. The van der Waals surface area contributed by atoms with Crippen LogP contribution in [-0.2, 0) is 10.5 Å². The Hall–Kier alpha value is -4.09. The molecule has 1 aliphatic heterocycles. The summed E-state index contributed by atoms with van der Waals surface area (Å²) in [6.07, 6.45) is 1.63. The topological polar surface area (TPSA) is 106 Å². The summed E-state index contributed by atoms with van der Waals surface area (Å²) >= 11 is 14.9. The Morgan fingerprint density at radius 2 is 1.91 bits per heavy atom. The Morgan fingerprint density at radius 3 is 2.65 bits per heavy atom. The molecule has 0 aliphatic carbocycles. The smallest absolute Gasteiger partial charge is 0.296 e. The number of carbonyl (C=O) groups is 2. The van der Waals surface area contributed by atoms with Crippen molar-refractivity contribution in [1.82, 2.24) is 10.2 Å². The Bertz CT molecular complexity index is 1870. The summed E-state index contributed by atoms with van der Waals surface area (Å²) in [4.78, 5) is 28.7. The van der Waals surface area contributed by atoms with E-state index in [4.69, 9.17) is 32.4 Å². The van der Waals surface area contributed by atoms with E-state index in [1.807, 2.05) is 18.2 Å². The van der Waals surface area contributed by atoms with E-state index in [9.17, 15) is 14.7 Å². The number of anilines is 1. The van der Waals surface area contributed by atoms with Crippen molar-refractivity contribution in [3.8, 4) is 5.75 Å². The van der Waals surface area contributed by atoms with Crippen LogP contribution in [0.4, 0.5) is 5.13 Å². The maximum atomic E-state index is 13.9. The Morgan fingerprint density at radius 1 is 1.12 bits per heavy atom. The summed E-state index contributed by atoms with van der Waals surface area (Å²) in [5.41, 5.74) is 1.81. The van der Waals surface area contributed by atoms with E-state index in [0.717, 1.165) is 22.3 Å². The molecule has 1 unspecified atom stereocenters. The summed E-state index contributed by atoms with van der Waals surface area (Å²) in [5.74, 6) is -0.995. The van der Waals surface area contributed by atoms with Crippen LogP contribution in [0.15, 0.2) is 106 Å². The maximum absolute atomic E-state index is 13.9. The van der Waals surface area contributed by atoms with Gasteiger partial charge in [-0.15, -0.1) is 10.2 Å². The lowest BCUT2D eigenvalue weighted by Gasteiger charge is -2.24. The molecule has 0 bridgehead atoms. The Balaban J connectivity index is 1.35. The van der Waals surface area contributed by atoms with Gasteiger partial charge in [0.15, 0.2) is 15.9 Å². The number of aromatic nitrogens is 2. The Labute approximate surface area is 264 Å². The second kappa shape index (κ2) is 12.3. The minimum atomic E-state index is -1.00. The molecule has 6 rings (SSSR count). The molecule has 43 heavy (non-hydrogen) atoms. The number of thioether (sulfide) groups is 1. The first-order valence-corrected chi connectivity index (χ1v) is 15.4. The van der Waals surface area contributed by atoms with Gasteiger partial charge in [0.25, 0.3) is 5.91 Å². The first-order chi connectivity index (χ1) is 20.8. The number of para-hydroxylation sites is 1. The highest BCUT2D eigenvalue weighted by molar-refractivity contribution is 8.00. The number of ether oxygens (including phenoxy) is 1. The van der Waals surface area contributed by atoms with Crippen LogP contribution in [0.25, 0.3) is 11.0 Å². The molecule has 0 fully saturated rings. The zero-order chi connectivity index (χ0) is 30.1. The average molecular weight is 651 g/mol. The van der Waals surface area contributed by atoms with E-state index in [1.54, 1.807) is 60.7 Å². The lowest BCUT2D eigenvalue weighted by Crippen LogP contribution is -2.31. The lowest BCUT2D eigenvalue weighted by molar-refractivity contribution is -0.117. The zero-order valence-corrected chi connectivity index (χ0v) is 25.3. The van der Waals surface area contributed by atoms with E-state index < -0.39 is 23.5 Å². The van der Waals surface area contributed by atoms with Crippen LogP contribution in [0.3, 0.4) is 0 Å². The van der Waals surface area contributed by atoms with Crippen LogP contribution in [-0.4, -0.2) is 33.6 Å². The molecule has 3 heterocycles. The van der Waals surface area contributed by atoms with Gasteiger partial charge in [-0.05, 0) is 47.5 Å². The number of ketones is 1. The third-order valence-electron chi connectivity index (χ3n) is 6.63. The molecule has 1 aliphatic rings. The first-order valence-electron chi connectivity index (χ1n) is 12.9. The SMILES string of the molecule is C=CCOc1ccc(C2C(C(=O)c3cc4ccccc4o3)=C(O)C(=O)N2c2nnc(SCc3ccc(Cl)cc3Cl)s2)cc1. The van der Waals surface area contributed by atoms with Crippen molar-refractivity contribution >= 4 is 74.1 Å². The fourth-order valence-electron chi connectivity index (χ4n) is 4.61. The molecule has 1 N–H and O–H groups in total. The van der Waals surface area contributed by atoms with Crippen molar-refractivity contribution in [3.63, 3.8) is 0 Å². The highest BCUT2D eigenvalue weighted by atomic mass is 35.5. The monoisotopic (exact) mass is 649 g/mol. The predicted molar refractivity (Wildman–Crippen MR) is 168 cm³/mol. The number of Topliss-reactive ketones (excluding diaryl/α,β-unsaturated/α-hetero) is 1. The Kier molecular flexibility index (Phi) is 8.27. The van der Waals surface area contributed by atoms with Crippen molar-refractivity contribution in [2.75, 3.05) is 11.5 Å². The van der Waals surface area contributed by atoms with Gasteiger partial charge < -0.3 is 14.3 Å². The number of carbonyl (C=O) groups excluding carboxylic acids is 2. The zero-order valence-electron chi connectivity index (χ0n) is 22.2. The van der Waals surface area contributed by atoms with Gasteiger partial charge in [-0.3, -0.25) is 14.5 Å². The largest absolute Gasteiger partial charge is 0.503 e. The number of hydrogen-bond donors (Lipinski definition) is 1. The lowest BCUT2D eigenvalue weighted by atomic mass is 9.95. The molecule has 0 saturated heterocycles. The number of amides is 1. The summed E-state index contributed by atoms with van der Waals surface area (Å²) in [5, 5.41) is 21.6. The molecule has 0 spiro atoms. The number of hydrogen-bond acceptors (Lipinski definition) is 9. The molecular weight excluding hydrogens is 629 g/mol. The molecule has 1 atom stereocenters. The van der Waals surface area contributed by atoms with Gasteiger partial charge in [0.1, 0.15) is 17.9 Å². The molecule has 12 heteroatoms. The van der Waals surface area contributed by atoms with Crippen molar-refractivity contribution in [1.29, 1.82) is 0 Å². The van der Waals surface area contributed by atoms with Gasteiger partial charge in [-0.1, -0.05) is 95.4 Å². The number of nitrogens with zero attached hydrogens (tertiary/aromatic N) is 3. The molecule has 2 aromatic heterocycles. The molecule has 1 amide bonds. The molecule has 0 saturated carbocycles. The van der Waals surface area contributed by atoms with E-state index in [-0.39, 0.29) is 16.5 Å². The van der Waals surface area contributed by atoms with Crippen molar-refractivity contribution in [2.45, 2.75) is 16.1 Å². The number of aliphatic hydroxyl groups is 1. The second-order valence-corrected chi connectivity index (χ2v) is 12.4. The summed E-state index contributed by atoms with van der Waals surface area (Å²) in [6.45, 7) is 3.97. The third-order valence-corrected chi connectivity index (χ3v) is 9.33. The number of furan rings is 1. The minimum Gasteiger partial charge on any atom is -0.503 e. The van der Waals surface area contributed by atoms with Crippen molar-refractivity contribution in [2.24, 2.45) is 0 Å². The normalized spacial score (nSPS) is 15.0. The van der Waals surface area contributed by atoms with Gasteiger partial charge in [0.2, 0.25) is 10.9 Å². The van der Waals surface area contributed by atoms with Gasteiger partial charge in [0.05, 0.1) is 11.6 Å². The number of benzene rings is 3. The standard InChI is InChI=1S/C31H21Cl2N3O5S2/c1-2-13-40-21-11-8-17(9-12-21)26-25(27(37)24-14-18-5-3-4-6-23(18)41-24)28(38)29(39)36(26)30-34-35-31(43-30)42-16-19-7-10-20(32)15-22(19)33/h2-12,14-15,26,38H,1,13,16H2. The molecule has 0 radical (unpaired) electrons. The van der Waals surface area contributed by atoms with Gasteiger partial charge in [0, 0.05) is 21.2 Å². The van der Waals surface area contributed by atoms with Gasteiger partial charge >= 0.3 is 0 Å². The van der Waals surface area contributed by atoms with E-state index in [1.165, 1.54) is 16.7 Å². The first kappa shape index (κ1) is 29.0. The van der Waals surface area contributed by atoms with E-state index in [0.29, 0.717) is 43.6 Å². The summed E-state index contributed by atoms with van der Waals surface area (Å²) in [7, 11) is 0. The quantitative estimate of drug-likeness (QED) is 0.0698. The van der Waals surface area contributed by atoms with Gasteiger partial charge in [-0.25, -0.2) is 0 Å². The van der Waals surface area contributed by atoms with Crippen LogP contribution >= 0.6 is 46.3 Å². The van der Waals surface area contributed by atoms with Crippen LogP contribution in [0.1, 0.15) is 27.7 Å². The van der Waals surface area contributed by atoms with Crippen LogP contribution in [0.5, 0.6) is 5.75 Å². The van der Waals surface area contributed by atoms with Gasteiger partial charge in [-0.2, -0.15) is 0 Å². The third kappa shape index (κ3) is 5.79.